The lowest BCUT2D eigenvalue weighted by molar-refractivity contribution is -0.191. The van der Waals surface area contributed by atoms with Crippen molar-refractivity contribution in [1.82, 2.24) is 0 Å². The van der Waals surface area contributed by atoms with Crippen LogP contribution in [0.1, 0.15) is 31.9 Å². The van der Waals surface area contributed by atoms with Crippen LogP contribution in [0, 0.1) is 18.2 Å². The SMILES string of the molecule is Cc1ccc(F)c(-c2ccc(COC(=O)C(C)(C)C)cc2)c1.O=C=O. The van der Waals surface area contributed by atoms with Gasteiger partial charge in [0.15, 0.2) is 0 Å². The van der Waals surface area contributed by atoms with Crippen LogP contribution in [0.25, 0.3) is 11.1 Å². The molecular formula is C20H21FO4. The summed E-state index contributed by atoms with van der Waals surface area (Å²) in [6.45, 7) is 7.62. The zero-order valence-electron chi connectivity index (χ0n) is 14.8. The molecular weight excluding hydrogens is 323 g/mol. The molecule has 0 bridgehead atoms. The van der Waals surface area contributed by atoms with Crippen LogP contribution in [0.4, 0.5) is 4.39 Å². The summed E-state index contributed by atoms with van der Waals surface area (Å²) in [7, 11) is 0. The van der Waals surface area contributed by atoms with E-state index < -0.39 is 5.41 Å². The molecule has 2 rings (SSSR count). The minimum Gasteiger partial charge on any atom is -0.460 e. The molecule has 0 atom stereocenters. The lowest BCUT2D eigenvalue weighted by Crippen LogP contribution is -2.22. The second-order valence-corrected chi connectivity index (χ2v) is 6.59. The monoisotopic (exact) mass is 344 g/mol. The van der Waals surface area contributed by atoms with E-state index in [0.717, 1.165) is 16.7 Å². The van der Waals surface area contributed by atoms with E-state index in [2.05, 4.69) is 0 Å². The van der Waals surface area contributed by atoms with Gasteiger partial charge >= 0.3 is 12.1 Å². The Morgan fingerprint density at radius 1 is 1.08 bits per heavy atom. The van der Waals surface area contributed by atoms with E-state index in [1.54, 1.807) is 6.07 Å². The predicted octanol–water partition coefficient (Wildman–Crippen LogP) is 4.31. The average molecular weight is 344 g/mol. The van der Waals surface area contributed by atoms with Gasteiger partial charge in [-0.3, -0.25) is 4.79 Å². The van der Waals surface area contributed by atoms with E-state index in [0.29, 0.717) is 5.56 Å². The third kappa shape index (κ3) is 6.32. The van der Waals surface area contributed by atoms with E-state index >= 15 is 0 Å². The van der Waals surface area contributed by atoms with Gasteiger partial charge in [0.05, 0.1) is 5.41 Å². The van der Waals surface area contributed by atoms with Crippen molar-refractivity contribution in [3.63, 3.8) is 0 Å². The third-order valence-corrected chi connectivity index (χ3v) is 3.37. The highest BCUT2D eigenvalue weighted by Crippen LogP contribution is 2.24. The lowest BCUT2D eigenvalue weighted by Gasteiger charge is -2.16. The molecule has 0 N–H and O–H groups in total. The van der Waals surface area contributed by atoms with Gasteiger partial charge in [-0.15, -0.1) is 0 Å². The van der Waals surface area contributed by atoms with Crippen LogP contribution >= 0.6 is 0 Å². The molecule has 0 aliphatic carbocycles. The fourth-order valence-electron chi connectivity index (χ4n) is 2.01. The Hall–Kier alpha value is -2.78. The molecule has 2 aromatic rings. The summed E-state index contributed by atoms with van der Waals surface area (Å²) in [5, 5.41) is 0. The van der Waals surface area contributed by atoms with Crippen LogP contribution in [-0.2, 0) is 25.7 Å². The molecule has 0 aromatic heterocycles. The predicted molar refractivity (Wildman–Crippen MR) is 90.8 cm³/mol. The maximum absolute atomic E-state index is 13.9. The van der Waals surface area contributed by atoms with Crippen molar-refractivity contribution in [2.75, 3.05) is 0 Å². The normalized spacial score (nSPS) is 10.3. The summed E-state index contributed by atoms with van der Waals surface area (Å²) in [5.74, 6) is -0.473. The van der Waals surface area contributed by atoms with Crippen molar-refractivity contribution in [3.8, 4) is 11.1 Å². The molecule has 0 fully saturated rings. The topological polar surface area (TPSA) is 60.4 Å². The molecule has 0 radical (unpaired) electrons. The number of hydrogen-bond acceptors (Lipinski definition) is 4. The summed E-state index contributed by atoms with van der Waals surface area (Å²) < 4.78 is 19.1. The number of ether oxygens (including phenoxy) is 1. The van der Waals surface area contributed by atoms with E-state index in [-0.39, 0.29) is 24.5 Å². The number of esters is 1. The van der Waals surface area contributed by atoms with Crippen LogP contribution in [0.15, 0.2) is 42.5 Å². The average Bonchev–Trinajstić information content (AvgIpc) is 2.55. The molecule has 2 aromatic carbocycles. The first-order valence-electron chi connectivity index (χ1n) is 7.71. The van der Waals surface area contributed by atoms with Gasteiger partial charge in [-0.05, 0) is 51.0 Å². The highest BCUT2D eigenvalue weighted by molar-refractivity contribution is 5.75. The van der Waals surface area contributed by atoms with Crippen molar-refractivity contribution in [2.24, 2.45) is 5.41 Å². The molecule has 0 saturated carbocycles. The first-order valence-corrected chi connectivity index (χ1v) is 7.71. The van der Waals surface area contributed by atoms with Crippen LogP contribution in [0.5, 0.6) is 0 Å². The molecule has 4 nitrogen and oxygen atoms in total. The van der Waals surface area contributed by atoms with Gasteiger partial charge in [0, 0.05) is 5.56 Å². The summed E-state index contributed by atoms with van der Waals surface area (Å²) in [4.78, 5) is 28.0. The Balaban J connectivity index is 0.000000970. The molecule has 132 valence electrons. The van der Waals surface area contributed by atoms with Crippen molar-refractivity contribution >= 4 is 12.1 Å². The quantitative estimate of drug-likeness (QED) is 0.779. The van der Waals surface area contributed by atoms with Crippen molar-refractivity contribution in [1.29, 1.82) is 0 Å². The van der Waals surface area contributed by atoms with Crippen LogP contribution in [0.3, 0.4) is 0 Å². The maximum atomic E-state index is 13.9. The van der Waals surface area contributed by atoms with Crippen LogP contribution < -0.4 is 0 Å². The van der Waals surface area contributed by atoms with E-state index in [4.69, 9.17) is 14.3 Å². The zero-order valence-corrected chi connectivity index (χ0v) is 14.8. The molecule has 0 amide bonds. The number of benzene rings is 2. The standard InChI is InChI=1S/C19H21FO2.CO2/c1-13-5-10-17(20)16(11-13)15-8-6-14(7-9-15)12-22-18(21)19(2,3)4;2-1-3/h5-11H,12H2,1-4H3;. The minimum absolute atomic E-state index is 0.229. The zero-order chi connectivity index (χ0) is 19.0. The lowest BCUT2D eigenvalue weighted by atomic mass is 9.97. The van der Waals surface area contributed by atoms with Gasteiger partial charge < -0.3 is 4.74 Å². The maximum Gasteiger partial charge on any atom is 0.373 e. The molecule has 0 unspecified atom stereocenters. The highest BCUT2D eigenvalue weighted by Gasteiger charge is 2.22. The smallest absolute Gasteiger partial charge is 0.373 e. The highest BCUT2D eigenvalue weighted by atomic mass is 19.1. The second-order valence-electron chi connectivity index (χ2n) is 6.59. The van der Waals surface area contributed by atoms with Gasteiger partial charge in [-0.2, -0.15) is 9.59 Å². The van der Waals surface area contributed by atoms with Crippen molar-refractivity contribution < 1.29 is 23.5 Å². The molecule has 0 aliphatic heterocycles. The van der Waals surface area contributed by atoms with Gasteiger partial charge in [0.2, 0.25) is 0 Å². The van der Waals surface area contributed by atoms with Gasteiger partial charge in [-0.25, -0.2) is 4.39 Å². The van der Waals surface area contributed by atoms with E-state index in [1.165, 1.54) is 6.07 Å². The van der Waals surface area contributed by atoms with E-state index in [1.807, 2.05) is 58.0 Å². The first-order chi connectivity index (χ1) is 11.7. The number of halogens is 1. The van der Waals surface area contributed by atoms with Crippen LogP contribution in [-0.4, -0.2) is 12.1 Å². The summed E-state index contributed by atoms with van der Waals surface area (Å²) >= 11 is 0. The number of carbonyl (C=O) groups excluding carboxylic acids is 3. The summed E-state index contributed by atoms with van der Waals surface area (Å²) in [6.07, 6.45) is 0.250. The van der Waals surface area contributed by atoms with Gasteiger partial charge in [0.25, 0.3) is 0 Å². The molecule has 5 heteroatoms. The summed E-state index contributed by atoms with van der Waals surface area (Å²) in [5.41, 5.74) is 2.78. The molecule has 0 saturated heterocycles. The Kier molecular flexibility index (Phi) is 7.22. The minimum atomic E-state index is -0.509. The first kappa shape index (κ1) is 20.3. The van der Waals surface area contributed by atoms with Crippen molar-refractivity contribution in [2.45, 2.75) is 34.3 Å². The Morgan fingerprint density at radius 3 is 2.16 bits per heavy atom. The number of rotatable bonds is 3. The molecule has 0 heterocycles. The number of carbonyl (C=O) groups is 1. The number of hydrogen-bond donors (Lipinski definition) is 0. The van der Waals surface area contributed by atoms with Crippen molar-refractivity contribution in [3.05, 3.63) is 59.4 Å². The van der Waals surface area contributed by atoms with E-state index in [9.17, 15) is 9.18 Å². The largest absolute Gasteiger partial charge is 0.460 e. The Morgan fingerprint density at radius 2 is 1.64 bits per heavy atom. The molecule has 25 heavy (non-hydrogen) atoms. The summed E-state index contributed by atoms with van der Waals surface area (Å²) in [6, 6.07) is 12.4. The second kappa shape index (κ2) is 8.90. The third-order valence-electron chi connectivity index (χ3n) is 3.37. The fraction of sp³-hybridized carbons (Fsp3) is 0.300. The molecule has 0 aliphatic rings. The Labute approximate surface area is 146 Å². The Bertz CT molecular complexity index is 752. The number of aryl methyl sites for hydroxylation is 1. The molecule has 0 spiro atoms. The van der Waals surface area contributed by atoms with Gasteiger partial charge in [0.1, 0.15) is 12.4 Å². The van der Waals surface area contributed by atoms with Gasteiger partial charge in [-0.1, -0.05) is 35.9 Å². The fourth-order valence-corrected chi connectivity index (χ4v) is 2.01. The van der Waals surface area contributed by atoms with Crippen LogP contribution in [0.2, 0.25) is 0 Å².